The van der Waals surface area contributed by atoms with Gasteiger partial charge in [0.25, 0.3) is 0 Å². The Morgan fingerprint density at radius 2 is 1.80 bits per heavy atom. The lowest BCUT2D eigenvalue weighted by atomic mass is 10.1. The molecule has 0 aromatic rings. The Morgan fingerprint density at radius 3 is 2.30 bits per heavy atom. The van der Waals surface area contributed by atoms with E-state index in [1.807, 2.05) is 19.0 Å². The zero-order valence-electron chi connectivity index (χ0n) is 12.1. The van der Waals surface area contributed by atoms with E-state index in [2.05, 4.69) is 5.32 Å². The second-order valence-corrected chi connectivity index (χ2v) is 5.65. The maximum Gasteiger partial charge on any atom is 0.236 e. The van der Waals surface area contributed by atoms with Crippen LogP contribution in [0.5, 0.6) is 0 Å². The zero-order chi connectivity index (χ0) is 14.7. The van der Waals surface area contributed by atoms with Crippen molar-refractivity contribution in [3.63, 3.8) is 0 Å². The quantitative estimate of drug-likeness (QED) is 0.673. The van der Waals surface area contributed by atoms with E-state index in [0.29, 0.717) is 45.7 Å². The van der Waals surface area contributed by atoms with Gasteiger partial charge in [0.1, 0.15) is 0 Å². The summed E-state index contributed by atoms with van der Waals surface area (Å²) in [5, 5.41) is 2.68. The second kappa shape index (κ2) is 6.21. The van der Waals surface area contributed by atoms with Crippen LogP contribution in [0.4, 0.5) is 0 Å². The minimum absolute atomic E-state index is 0.0306. The van der Waals surface area contributed by atoms with Crippen LogP contribution in [0.1, 0.15) is 6.42 Å². The number of nitrogens with zero attached hydrogens (tertiary/aromatic N) is 3. The first-order valence-electron chi connectivity index (χ1n) is 6.95. The highest BCUT2D eigenvalue weighted by atomic mass is 16.2. The average molecular weight is 282 g/mol. The first-order valence-corrected chi connectivity index (χ1v) is 6.95. The summed E-state index contributed by atoms with van der Waals surface area (Å²) in [6.45, 7) is 3.11. The molecule has 2 fully saturated rings. The van der Waals surface area contributed by atoms with Crippen molar-refractivity contribution >= 4 is 17.7 Å². The third kappa shape index (κ3) is 3.47. The fourth-order valence-corrected chi connectivity index (χ4v) is 2.58. The molecule has 1 N–H and O–H groups in total. The van der Waals surface area contributed by atoms with Crippen LogP contribution in [0, 0.1) is 5.92 Å². The molecule has 0 saturated carbocycles. The normalized spacial score (nSPS) is 23.1. The van der Waals surface area contributed by atoms with Crippen LogP contribution in [-0.2, 0) is 14.4 Å². The van der Waals surface area contributed by atoms with Crippen LogP contribution in [-0.4, -0.2) is 85.8 Å². The molecular weight excluding hydrogens is 260 g/mol. The van der Waals surface area contributed by atoms with Crippen LogP contribution in [0.15, 0.2) is 0 Å². The van der Waals surface area contributed by atoms with Gasteiger partial charge in [-0.3, -0.25) is 14.4 Å². The first-order chi connectivity index (χ1) is 9.47. The number of carbonyl (C=O) groups is 3. The zero-order valence-corrected chi connectivity index (χ0v) is 12.1. The molecule has 2 aliphatic heterocycles. The van der Waals surface area contributed by atoms with Gasteiger partial charge >= 0.3 is 0 Å². The number of hydrogen-bond donors (Lipinski definition) is 1. The van der Waals surface area contributed by atoms with E-state index >= 15 is 0 Å². The lowest BCUT2D eigenvalue weighted by Crippen LogP contribution is -2.53. The van der Waals surface area contributed by atoms with Gasteiger partial charge in [-0.25, -0.2) is 0 Å². The smallest absolute Gasteiger partial charge is 0.236 e. The van der Waals surface area contributed by atoms with Crippen LogP contribution in [0.3, 0.4) is 0 Å². The minimum atomic E-state index is -0.230. The highest BCUT2D eigenvalue weighted by Gasteiger charge is 2.33. The molecule has 2 saturated heterocycles. The van der Waals surface area contributed by atoms with Gasteiger partial charge in [-0.05, 0) is 14.1 Å². The highest BCUT2D eigenvalue weighted by molar-refractivity contribution is 5.89. The molecule has 2 aliphatic rings. The summed E-state index contributed by atoms with van der Waals surface area (Å²) >= 11 is 0. The summed E-state index contributed by atoms with van der Waals surface area (Å²) in [6.07, 6.45) is 0.290. The Morgan fingerprint density at radius 1 is 1.20 bits per heavy atom. The molecule has 7 heteroatoms. The molecule has 112 valence electrons. The molecular formula is C13H22N4O3. The molecule has 3 amide bonds. The summed E-state index contributed by atoms with van der Waals surface area (Å²) in [5.74, 6) is -0.155. The molecule has 0 radical (unpaired) electrons. The standard InChI is InChI=1S/C13H22N4O3/c1-15(2)9-12(19)16-3-5-17(6-4-16)13(20)10-7-11(18)14-8-10/h10H,3-9H2,1-2H3,(H,14,18). The van der Waals surface area contributed by atoms with Gasteiger partial charge in [0.15, 0.2) is 0 Å². The van der Waals surface area contributed by atoms with Crippen molar-refractivity contribution in [1.29, 1.82) is 0 Å². The molecule has 0 aliphatic carbocycles. The van der Waals surface area contributed by atoms with E-state index < -0.39 is 0 Å². The summed E-state index contributed by atoms with van der Waals surface area (Å²) in [6, 6.07) is 0. The fraction of sp³-hybridized carbons (Fsp3) is 0.769. The molecule has 1 atom stereocenters. The van der Waals surface area contributed by atoms with Crippen LogP contribution >= 0.6 is 0 Å². The van der Waals surface area contributed by atoms with Crippen molar-refractivity contribution < 1.29 is 14.4 Å². The van der Waals surface area contributed by atoms with Crippen molar-refractivity contribution in [3.05, 3.63) is 0 Å². The van der Waals surface area contributed by atoms with Crippen LogP contribution in [0.25, 0.3) is 0 Å². The highest BCUT2D eigenvalue weighted by Crippen LogP contribution is 2.14. The first kappa shape index (κ1) is 14.8. The van der Waals surface area contributed by atoms with Crippen molar-refractivity contribution in [2.24, 2.45) is 5.92 Å². The number of amides is 3. The lowest BCUT2D eigenvalue weighted by Gasteiger charge is -2.36. The number of carbonyl (C=O) groups excluding carboxylic acids is 3. The number of likely N-dealkylation sites (N-methyl/N-ethyl adjacent to an activating group) is 1. The van der Waals surface area contributed by atoms with Gasteiger partial charge in [0.05, 0.1) is 12.5 Å². The van der Waals surface area contributed by atoms with Crippen molar-refractivity contribution in [1.82, 2.24) is 20.0 Å². The third-order valence-electron chi connectivity index (χ3n) is 3.72. The SMILES string of the molecule is CN(C)CC(=O)N1CCN(C(=O)C2CNC(=O)C2)CC1. The molecule has 0 bridgehead atoms. The summed E-state index contributed by atoms with van der Waals surface area (Å²) in [5.41, 5.74) is 0. The van der Waals surface area contributed by atoms with E-state index in [4.69, 9.17) is 0 Å². The Kier molecular flexibility index (Phi) is 4.59. The van der Waals surface area contributed by atoms with E-state index in [-0.39, 0.29) is 23.6 Å². The van der Waals surface area contributed by atoms with Gasteiger partial charge in [-0.1, -0.05) is 0 Å². The van der Waals surface area contributed by atoms with E-state index in [1.165, 1.54) is 0 Å². The second-order valence-electron chi connectivity index (χ2n) is 5.65. The molecule has 7 nitrogen and oxygen atoms in total. The Balaban J connectivity index is 1.80. The van der Waals surface area contributed by atoms with Gasteiger partial charge in [0.2, 0.25) is 17.7 Å². The van der Waals surface area contributed by atoms with Crippen molar-refractivity contribution in [2.75, 3.05) is 53.4 Å². The predicted molar refractivity (Wildman–Crippen MR) is 72.8 cm³/mol. The number of nitrogens with one attached hydrogen (secondary N) is 1. The monoisotopic (exact) mass is 282 g/mol. The Hall–Kier alpha value is -1.63. The fourth-order valence-electron chi connectivity index (χ4n) is 2.58. The maximum absolute atomic E-state index is 12.2. The van der Waals surface area contributed by atoms with Gasteiger partial charge in [-0.15, -0.1) is 0 Å². The lowest BCUT2D eigenvalue weighted by molar-refractivity contribution is -0.142. The van der Waals surface area contributed by atoms with Crippen LogP contribution in [0.2, 0.25) is 0 Å². The summed E-state index contributed by atoms with van der Waals surface area (Å²) in [4.78, 5) is 40.7. The minimum Gasteiger partial charge on any atom is -0.355 e. The van der Waals surface area contributed by atoms with E-state index in [0.717, 1.165) is 0 Å². The Labute approximate surface area is 118 Å². The van der Waals surface area contributed by atoms with Gasteiger partial charge in [-0.2, -0.15) is 0 Å². The third-order valence-corrected chi connectivity index (χ3v) is 3.72. The number of rotatable bonds is 3. The molecule has 1 unspecified atom stereocenters. The molecule has 2 heterocycles. The number of piperazine rings is 1. The maximum atomic E-state index is 12.2. The number of hydrogen-bond acceptors (Lipinski definition) is 4. The Bertz CT molecular complexity index is 402. The molecule has 0 aromatic carbocycles. The van der Waals surface area contributed by atoms with E-state index in [9.17, 15) is 14.4 Å². The molecule has 0 aromatic heterocycles. The largest absolute Gasteiger partial charge is 0.355 e. The molecule has 0 spiro atoms. The predicted octanol–water partition coefficient (Wildman–Crippen LogP) is -1.65. The molecule has 2 rings (SSSR count). The van der Waals surface area contributed by atoms with Crippen LogP contribution < -0.4 is 5.32 Å². The topological polar surface area (TPSA) is 73.0 Å². The van der Waals surface area contributed by atoms with Gasteiger partial charge in [0, 0.05) is 39.1 Å². The van der Waals surface area contributed by atoms with Crippen molar-refractivity contribution in [2.45, 2.75) is 6.42 Å². The summed E-state index contributed by atoms with van der Waals surface area (Å²) < 4.78 is 0. The summed E-state index contributed by atoms with van der Waals surface area (Å²) in [7, 11) is 3.73. The van der Waals surface area contributed by atoms with E-state index in [1.54, 1.807) is 9.80 Å². The van der Waals surface area contributed by atoms with Crippen molar-refractivity contribution in [3.8, 4) is 0 Å². The average Bonchev–Trinajstić information content (AvgIpc) is 2.84. The van der Waals surface area contributed by atoms with Gasteiger partial charge < -0.3 is 20.0 Å². The molecule has 20 heavy (non-hydrogen) atoms.